The number of primary sulfonamides is 1. The first-order chi connectivity index (χ1) is 8.29. The zero-order valence-electron chi connectivity index (χ0n) is 9.73. The van der Waals surface area contributed by atoms with Crippen LogP contribution in [-0.4, -0.2) is 20.4 Å². The predicted octanol–water partition coefficient (Wildman–Crippen LogP) is 1.30. The highest BCUT2D eigenvalue weighted by atomic mass is 79.9. The van der Waals surface area contributed by atoms with Gasteiger partial charge in [0.15, 0.2) is 0 Å². The van der Waals surface area contributed by atoms with Crippen LogP contribution in [0.5, 0.6) is 0 Å². The second kappa shape index (κ2) is 4.64. The Kier molecular flexibility index (Phi) is 3.48. The Labute approximate surface area is 114 Å². The molecule has 0 bridgehead atoms. The number of sulfonamides is 1. The highest BCUT2D eigenvalue weighted by Crippen LogP contribution is 2.25. The molecule has 1 saturated carbocycles. The molecule has 0 spiro atoms. The maximum atomic E-state index is 12.0. The van der Waals surface area contributed by atoms with Gasteiger partial charge >= 0.3 is 0 Å². The largest absolute Gasteiger partial charge is 0.349 e. The van der Waals surface area contributed by atoms with Crippen LogP contribution in [0.25, 0.3) is 0 Å². The molecule has 98 valence electrons. The van der Waals surface area contributed by atoms with E-state index in [4.69, 9.17) is 5.14 Å². The second-order valence-electron chi connectivity index (χ2n) is 4.37. The molecule has 1 aliphatic carbocycles. The number of carbonyl (C=O) groups is 1. The Morgan fingerprint density at radius 1 is 1.44 bits per heavy atom. The van der Waals surface area contributed by atoms with Crippen molar-refractivity contribution in [1.82, 2.24) is 5.32 Å². The van der Waals surface area contributed by atoms with Crippen LogP contribution in [0.1, 0.15) is 28.8 Å². The van der Waals surface area contributed by atoms with E-state index in [2.05, 4.69) is 21.2 Å². The summed E-state index contributed by atoms with van der Waals surface area (Å²) in [7, 11) is -3.83. The summed E-state index contributed by atoms with van der Waals surface area (Å²) in [5, 5.41) is 7.95. The quantitative estimate of drug-likeness (QED) is 0.874. The molecule has 0 unspecified atom stereocenters. The molecule has 0 aromatic heterocycles. The smallest absolute Gasteiger partial charge is 0.251 e. The maximum absolute atomic E-state index is 12.0. The molecule has 18 heavy (non-hydrogen) atoms. The predicted molar refractivity (Wildman–Crippen MR) is 70.7 cm³/mol. The number of nitrogens with one attached hydrogen (secondary N) is 1. The van der Waals surface area contributed by atoms with Crippen molar-refractivity contribution < 1.29 is 13.2 Å². The van der Waals surface area contributed by atoms with Crippen LogP contribution in [0.4, 0.5) is 0 Å². The van der Waals surface area contributed by atoms with Crippen LogP contribution in [-0.2, 0) is 10.0 Å². The number of carbonyl (C=O) groups excluding carboxylic acids is 1. The molecule has 5 nitrogen and oxygen atoms in total. The fourth-order valence-electron chi connectivity index (χ4n) is 1.68. The van der Waals surface area contributed by atoms with E-state index in [1.807, 2.05) is 0 Å². The van der Waals surface area contributed by atoms with Crippen molar-refractivity contribution >= 4 is 31.9 Å². The van der Waals surface area contributed by atoms with Crippen molar-refractivity contribution in [3.63, 3.8) is 0 Å². The van der Waals surface area contributed by atoms with Crippen LogP contribution in [0, 0.1) is 6.92 Å². The summed E-state index contributed by atoms with van der Waals surface area (Å²) in [6.45, 7) is 1.58. The van der Waals surface area contributed by atoms with Crippen LogP contribution in [0.3, 0.4) is 0 Å². The fraction of sp³-hybridized carbons (Fsp3) is 0.364. The standard InChI is InChI=1S/C11H13BrN2O3S/c1-6-9(11(15)14-8-2-3-8)4-7(12)5-10(6)18(13,16)17/h4-5,8H,2-3H2,1H3,(H,14,15)(H2,13,16,17). The van der Waals surface area contributed by atoms with Crippen molar-refractivity contribution in [3.05, 3.63) is 27.7 Å². The molecule has 0 saturated heterocycles. The van der Waals surface area contributed by atoms with E-state index >= 15 is 0 Å². The lowest BCUT2D eigenvalue weighted by Crippen LogP contribution is -2.27. The molecular weight excluding hydrogens is 320 g/mol. The molecule has 0 atom stereocenters. The Morgan fingerprint density at radius 3 is 2.56 bits per heavy atom. The van der Waals surface area contributed by atoms with Crippen molar-refractivity contribution in [2.24, 2.45) is 5.14 Å². The van der Waals surface area contributed by atoms with E-state index in [0.29, 0.717) is 15.6 Å². The van der Waals surface area contributed by atoms with E-state index < -0.39 is 10.0 Å². The van der Waals surface area contributed by atoms with Gasteiger partial charge in [0.05, 0.1) is 4.90 Å². The van der Waals surface area contributed by atoms with Crippen molar-refractivity contribution in [2.75, 3.05) is 0 Å². The molecule has 7 heteroatoms. The molecule has 1 fully saturated rings. The summed E-state index contributed by atoms with van der Waals surface area (Å²) in [6.07, 6.45) is 1.95. The topological polar surface area (TPSA) is 89.3 Å². The first kappa shape index (κ1) is 13.5. The minimum Gasteiger partial charge on any atom is -0.349 e. The minimum absolute atomic E-state index is 0.0298. The van der Waals surface area contributed by atoms with Gasteiger partial charge in [0.25, 0.3) is 5.91 Å². The minimum atomic E-state index is -3.83. The summed E-state index contributed by atoms with van der Waals surface area (Å²) in [4.78, 5) is 11.9. The normalized spacial score (nSPS) is 15.5. The molecule has 1 aliphatic rings. The number of rotatable bonds is 3. The second-order valence-corrected chi connectivity index (χ2v) is 6.81. The SMILES string of the molecule is Cc1c(C(=O)NC2CC2)cc(Br)cc1S(N)(=O)=O. The lowest BCUT2D eigenvalue weighted by molar-refractivity contribution is 0.0950. The monoisotopic (exact) mass is 332 g/mol. The van der Waals surface area contributed by atoms with Gasteiger partial charge in [-0.2, -0.15) is 0 Å². The Balaban J connectivity index is 2.47. The van der Waals surface area contributed by atoms with E-state index in [0.717, 1.165) is 12.8 Å². The summed E-state index contributed by atoms with van der Waals surface area (Å²) in [6, 6.07) is 3.22. The van der Waals surface area contributed by atoms with E-state index in [9.17, 15) is 13.2 Å². The Hall–Kier alpha value is -0.920. The van der Waals surface area contributed by atoms with Crippen LogP contribution in [0.15, 0.2) is 21.5 Å². The highest BCUT2D eigenvalue weighted by molar-refractivity contribution is 9.10. The molecular formula is C11H13BrN2O3S. The molecule has 2 rings (SSSR count). The zero-order valence-corrected chi connectivity index (χ0v) is 12.1. The molecule has 0 radical (unpaired) electrons. The third-order valence-electron chi connectivity index (χ3n) is 2.79. The molecule has 1 aromatic rings. The summed E-state index contributed by atoms with van der Waals surface area (Å²) >= 11 is 3.19. The van der Waals surface area contributed by atoms with Gasteiger partial charge < -0.3 is 5.32 Å². The number of amides is 1. The van der Waals surface area contributed by atoms with Gasteiger partial charge in [0, 0.05) is 16.1 Å². The lowest BCUT2D eigenvalue weighted by atomic mass is 10.1. The van der Waals surface area contributed by atoms with Gasteiger partial charge in [-0.1, -0.05) is 15.9 Å². The first-order valence-electron chi connectivity index (χ1n) is 5.43. The third-order valence-corrected chi connectivity index (χ3v) is 4.28. The Morgan fingerprint density at radius 2 is 2.06 bits per heavy atom. The number of hydrogen-bond acceptors (Lipinski definition) is 3. The van der Waals surface area contributed by atoms with Gasteiger partial charge in [-0.3, -0.25) is 4.79 Å². The van der Waals surface area contributed by atoms with Gasteiger partial charge in [-0.25, -0.2) is 13.6 Å². The average Bonchev–Trinajstić information content (AvgIpc) is 3.03. The van der Waals surface area contributed by atoms with Crippen LogP contribution >= 0.6 is 15.9 Å². The van der Waals surface area contributed by atoms with Gasteiger partial charge in [-0.15, -0.1) is 0 Å². The van der Waals surface area contributed by atoms with Crippen LogP contribution in [0.2, 0.25) is 0 Å². The maximum Gasteiger partial charge on any atom is 0.251 e. The molecule has 0 aliphatic heterocycles. The molecule has 1 amide bonds. The highest BCUT2D eigenvalue weighted by Gasteiger charge is 2.26. The fourth-order valence-corrected chi connectivity index (χ4v) is 3.11. The van der Waals surface area contributed by atoms with Crippen molar-refractivity contribution in [1.29, 1.82) is 0 Å². The van der Waals surface area contributed by atoms with Crippen molar-refractivity contribution in [3.8, 4) is 0 Å². The first-order valence-corrected chi connectivity index (χ1v) is 7.77. The average molecular weight is 333 g/mol. The molecule has 3 N–H and O–H groups in total. The van der Waals surface area contributed by atoms with Gasteiger partial charge in [0.2, 0.25) is 10.0 Å². The van der Waals surface area contributed by atoms with Gasteiger partial charge in [-0.05, 0) is 37.5 Å². The zero-order chi connectivity index (χ0) is 13.5. The Bertz CT molecular complexity index is 609. The number of hydrogen-bond donors (Lipinski definition) is 2. The number of halogens is 1. The van der Waals surface area contributed by atoms with Gasteiger partial charge in [0.1, 0.15) is 0 Å². The summed E-state index contributed by atoms with van der Waals surface area (Å²) < 4.78 is 23.4. The molecule has 1 aromatic carbocycles. The lowest BCUT2D eigenvalue weighted by Gasteiger charge is -2.11. The van der Waals surface area contributed by atoms with E-state index in [1.54, 1.807) is 13.0 Å². The summed E-state index contributed by atoms with van der Waals surface area (Å²) in [5.74, 6) is -0.263. The van der Waals surface area contributed by atoms with E-state index in [-0.39, 0.29) is 16.8 Å². The van der Waals surface area contributed by atoms with E-state index in [1.165, 1.54) is 6.07 Å². The third kappa shape index (κ3) is 2.90. The van der Waals surface area contributed by atoms with Crippen LogP contribution < -0.4 is 10.5 Å². The van der Waals surface area contributed by atoms with Crippen molar-refractivity contribution in [2.45, 2.75) is 30.7 Å². The molecule has 0 heterocycles. The number of nitrogens with two attached hydrogens (primary N) is 1. The summed E-state index contributed by atoms with van der Waals surface area (Å²) in [5.41, 5.74) is 0.708. The number of benzene rings is 1.